The second-order valence-electron chi connectivity index (χ2n) is 6.46. The minimum Gasteiger partial charge on any atom is -0.368 e. The number of hydrogen-bond acceptors (Lipinski definition) is 4. The van der Waals surface area contributed by atoms with Crippen LogP contribution in [0.4, 0.5) is 0 Å². The third kappa shape index (κ3) is 4.04. The van der Waals surface area contributed by atoms with Crippen LogP contribution in [0.25, 0.3) is 0 Å². The monoisotopic (exact) mass is 296 g/mol. The van der Waals surface area contributed by atoms with Crippen molar-refractivity contribution in [3.05, 3.63) is 22.4 Å². The summed E-state index contributed by atoms with van der Waals surface area (Å²) in [4.78, 5) is 13.0. The molecule has 0 unspecified atom stereocenters. The summed E-state index contributed by atoms with van der Waals surface area (Å²) in [5, 5.41) is 8.26. The van der Waals surface area contributed by atoms with Crippen LogP contribution in [-0.4, -0.2) is 29.7 Å². The fraction of sp³-hybridized carbons (Fsp3) is 0.667. The average molecular weight is 296 g/mol. The molecule has 2 rings (SSSR count). The Kier molecular flexibility index (Phi) is 4.52. The van der Waals surface area contributed by atoms with Crippen LogP contribution in [0, 0.1) is 0 Å². The highest BCUT2D eigenvalue weighted by Gasteiger charge is 2.45. The molecule has 0 aliphatic carbocycles. The Morgan fingerprint density at radius 1 is 1.45 bits per heavy atom. The minimum absolute atomic E-state index is 0.0268. The number of ether oxygens (including phenoxy) is 1. The molecule has 1 amide bonds. The van der Waals surface area contributed by atoms with Crippen LogP contribution in [0.3, 0.4) is 0 Å². The van der Waals surface area contributed by atoms with Gasteiger partial charge in [-0.25, -0.2) is 0 Å². The van der Waals surface area contributed by atoms with E-state index in [0.29, 0.717) is 13.1 Å². The SMILES string of the molecule is CC1(C)C[C@@H](NCC(=O)NCc2cccs2)C(C)(C)O1. The molecule has 1 aliphatic rings. The van der Waals surface area contributed by atoms with Crippen LogP contribution in [-0.2, 0) is 16.1 Å². The van der Waals surface area contributed by atoms with E-state index >= 15 is 0 Å². The largest absolute Gasteiger partial charge is 0.368 e. The van der Waals surface area contributed by atoms with Gasteiger partial charge in [0.05, 0.1) is 24.3 Å². The molecule has 0 bridgehead atoms. The van der Waals surface area contributed by atoms with E-state index in [1.807, 2.05) is 17.5 Å². The zero-order valence-electron chi connectivity index (χ0n) is 12.7. The highest BCUT2D eigenvalue weighted by atomic mass is 32.1. The van der Waals surface area contributed by atoms with E-state index < -0.39 is 0 Å². The van der Waals surface area contributed by atoms with E-state index in [4.69, 9.17) is 4.74 Å². The fourth-order valence-corrected chi connectivity index (χ4v) is 3.40. The number of nitrogens with one attached hydrogen (secondary N) is 2. The zero-order chi connectivity index (χ0) is 14.8. The molecular formula is C15H24N2O2S. The minimum atomic E-state index is -0.239. The highest BCUT2D eigenvalue weighted by molar-refractivity contribution is 7.09. The molecule has 1 aliphatic heterocycles. The van der Waals surface area contributed by atoms with Crippen LogP contribution >= 0.6 is 11.3 Å². The van der Waals surface area contributed by atoms with Crippen molar-refractivity contribution < 1.29 is 9.53 Å². The second-order valence-corrected chi connectivity index (χ2v) is 7.49. The standard InChI is InChI=1S/C15H24N2O2S/c1-14(2)8-12(15(3,4)19-14)16-10-13(18)17-9-11-6-5-7-20-11/h5-7,12,16H,8-10H2,1-4H3,(H,17,18)/t12-/m1/s1. The Hall–Kier alpha value is -0.910. The molecule has 20 heavy (non-hydrogen) atoms. The van der Waals surface area contributed by atoms with Crippen molar-refractivity contribution in [2.75, 3.05) is 6.54 Å². The molecular weight excluding hydrogens is 272 g/mol. The Morgan fingerprint density at radius 2 is 2.20 bits per heavy atom. The first-order chi connectivity index (χ1) is 9.28. The van der Waals surface area contributed by atoms with Gasteiger partial charge in [-0.3, -0.25) is 4.79 Å². The van der Waals surface area contributed by atoms with Gasteiger partial charge in [-0.15, -0.1) is 11.3 Å². The first kappa shape index (κ1) is 15.5. The molecule has 0 aromatic carbocycles. The van der Waals surface area contributed by atoms with Crippen molar-refractivity contribution in [3.63, 3.8) is 0 Å². The van der Waals surface area contributed by atoms with Gasteiger partial charge < -0.3 is 15.4 Å². The molecule has 1 atom stereocenters. The number of carbonyl (C=O) groups is 1. The number of rotatable bonds is 5. The van der Waals surface area contributed by atoms with Gasteiger partial charge in [0.2, 0.25) is 5.91 Å². The molecule has 1 aromatic rings. The lowest BCUT2D eigenvalue weighted by molar-refractivity contribution is -0.120. The Labute approximate surface area is 124 Å². The first-order valence-electron chi connectivity index (χ1n) is 7.01. The molecule has 5 heteroatoms. The van der Waals surface area contributed by atoms with Gasteiger partial charge in [0.1, 0.15) is 0 Å². The van der Waals surface area contributed by atoms with Crippen LogP contribution in [0.5, 0.6) is 0 Å². The van der Waals surface area contributed by atoms with E-state index in [1.54, 1.807) is 11.3 Å². The van der Waals surface area contributed by atoms with Gasteiger partial charge in [-0.1, -0.05) is 6.07 Å². The van der Waals surface area contributed by atoms with E-state index in [9.17, 15) is 4.79 Å². The van der Waals surface area contributed by atoms with Crippen molar-refractivity contribution in [1.29, 1.82) is 0 Å². The van der Waals surface area contributed by atoms with Crippen molar-refractivity contribution >= 4 is 17.2 Å². The summed E-state index contributed by atoms with van der Waals surface area (Å²) in [7, 11) is 0. The van der Waals surface area contributed by atoms with Gasteiger partial charge in [-0.2, -0.15) is 0 Å². The maximum absolute atomic E-state index is 11.9. The summed E-state index contributed by atoms with van der Waals surface area (Å²) in [6.45, 7) is 9.26. The predicted molar refractivity (Wildman–Crippen MR) is 81.8 cm³/mol. The smallest absolute Gasteiger partial charge is 0.234 e. The average Bonchev–Trinajstić information content (AvgIpc) is 2.89. The van der Waals surface area contributed by atoms with Crippen LogP contribution in [0.1, 0.15) is 39.0 Å². The summed E-state index contributed by atoms with van der Waals surface area (Å²) in [5.74, 6) is 0.0268. The Morgan fingerprint density at radius 3 is 2.75 bits per heavy atom. The van der Waals surface area contributed by atoms with Gasteiger partial charge >= 0.3 is 0 Å². The Balaban J connectivity index is 1.76. The van der Waals surface area contributed by atoms with Crippen LogP contribution in [0.15, 0.2) is 17.5 Å². The summed E-state index contributed by atoms with van der Waals surface area (Å²) in [5.41, 5.74) is -0.369. The molecule has 0 saturated carbocycles. The number of thiophene rings is 1. The molecule has 4 nitrogen and oxygen atoms in total. The quantitative estimate of drug-likeness (QED) is 0.876. The van der Waals surface area contributed by atoms with Gasteiger partial charge in [-0.05, 0) is 45.6 Å². The third-order valence-corrected chi connectivity index (χ3v) is 4.50. The molecule has 0 radical (unpaired) electrons. The lowest BCUT2D eigenvalue weighted by Crippen LogP contribution is -2.47. The van der Waals surface area contributed by atoms with E-state index in [2.05, 4.69) is 38.3 Å². The first-order valence-corrected chi connectivity index (χ1v) is 7.89. The van der Waals surface area contributed by atoms with Crippen molar-refractivity contribution in [2.45, 2.75) is 57.9 Å². The zero-order valence-corrected chi connectivity index (χ0v) is 13.5. The van der Waals surface area contributed by atoms with E-state index in [1.165, 1.54) is 4.88 Å². The lowest BCUT2D eigenvalue weighted by Gasteiger charge is -2.27. The summed E-state index contributed by atoms with van der Waals surface area (Å²) in [6.07, 6.45) is 0.915. The van der Waals surface area contributed by atoms with Crippen molar-refractivity contribution in [1.82, 2.24) is 10.6 Å². The Bertz CT molecular complexity index is 454. The maximum atomic E-state index is 11.9. The topological polar surface area (TPSA) is 50.4 Å². The molecule has 2 N–H and O–H groups in total. The van der Waals surface area contributed by atoms with E-state index in [-0.39, 0.29) is 23.2 Å². The van der Waals surface area contributed by atoms with E-state index in [0.717, 1.165) is 6.42 Å². The van der Waals surface area contributed by atoms with Gasteiger partial charge in [0.25, 0.3) is 0 Å². The fourth-order valence-electron chi connectivity index (χ4n) is 2.76. The summed E-state index contributed by atoms with van der Waals surface area (Å²) >= 11 is 1.65. The van der Waals surface area contributed by atoms with Crippen LogP contribution < -0.4 is 10.6 Å². The predicted octanol–water partition coefficient (Wildman–Crippen LogP) is 2.30. The summed E-state index contributed by atoms with van der Waals surface area (Å²) < 4.78 is 6.01. The van der Waals surface area contributed by atoms with Crippen molar-refractivity contribution in [2.24, 2.45) is 0 Å². The van der Waals surface area contributed by atoms with Gasteiger partial charge in [0, 0.05) is 10.9 Å². The normalized spacial score (nSPS) is 23.7. The molecule has 0 spiro atoms. The maximum Gasteiger partial charge on any atom is 0.234 e. The van der Waals surface area contributed by atoms with Crippen LogP contribution in [0.2, 0.25) is 0 Å². The number of hydrogen-bond donors (Lipinski definition) is 2. The number of amides is 1. The molecule has 112 valence electrons. The molecule has 2 heterocycles. The highest BCUT2D eigenvalue weighted by Crippen LogP contribution is 2.37. The lowest BCUT2D eigenvalue weighted by atomic mass is 9.94. The summed E-state index contributed by atoms with van der Waals surface area (Å²) in [6, 6.07) is 4.21. The van der Waals surface area contributed by atoms with Gasteiger partial charge in [0.15, 0.2) is 0 Å². The molecule has 1 fully saturated rings. The third-order valence-electron chi connectivity index (χ3n) is 3.62. The molecule has 1 saturated heterocycles. The second kappa shape index (κ2) is 5.84. The molecule has 1 aromatic heterocycles. The van der Waals surface area contributed by atoms with Crippen molar-refractivity contribution in [3.8, 4) is 0 Å². The number of carbonyl (C=O) groups excluding carboxylic acids is 1.